The number of aliphatic hydroxyl groups excluding tert-OH is 4. The van der Waals surface area contributed by atoms with Gasteiger partial charge in [-0.15, -0.1) is 0 Å². The van der Waals surface area contributed by atoms with Crippen LogP contribution < -0.4 is 0 Å². The topological polar surface area (TPSA) is 110 Å². The molecule has 0 aliphatic heterocycles. The molecule has 0 aromatic rings. The normalized spacial score (nSPS) is 15.8. The van der Waals surface area contributed by atoms with Gasteiger partial charge in [-0.2, -0.15) is 0 Å². The van der Waals surface area contributed by atoms with Gasteiger partial charge in [0.2, 0.25) is 0 Å². The highest BCUT2D eigenvalue weighted by atomic mass is 16.5. The highest BCUT2D eigenvalue weighted by Crippen LogP contribution is 2.29. The number of hydrogen-bond donors (Lipinski definition) is 5. The van der Waals surface area contributed by atoms with Gasteiger partial charge in [-0.3, -0.25) is 0 Å². The van der Waals surface area contributed by atoms with Gasteiger partial charge >= 0.3 is 0 Å². The zero-order valence-corrected chi connectivity index (χ0v) is 30.3. The highest BCUT2D eigenvalue weighted by molar-refractivity contribution is 4.97. The molecular formula is C40H82O6. The zero-order chi connectivity index (χ0) is 35.4. The Morgan fingerprint density at radius 2 is 0.804 bits per heavy atom. The van der Waals surface area contributed by atoms with Crippen LogP contribution in [0.25, 0.3) is 0 Å². The van der Waals surface area contributed by atoms with Gasteiger partial charge in [-0.05, 0) is 12.8 Å². The van der Waals surface area contributed by atoms with Gasteiger partial charge in [0.1, 0.15) is 23.9 Å². The molecule has 0 aliphatic rings. The molecule has 0 aliphatic carbocycles. The lowest BCUT2D eigenvalue weighted by Crippen LogP contribution is -2.59. The summed E-state index contributed by atoms with van der Waals surface area (Å²) in [5.41, 5.74) is -1.82. The molecule has 46 heavy (non-hydrogen) atoms. The molecule has 0 heterocycles. The average molecular weight is 661 g/mol. The summed E-state index contributed by atoms with van der Waals surface area (Å²) in [6.07, 6.45) is 32.0. The predicted molar refractivity (Wildman–Crippen MR) is 195 cm³/mol. The largest absolute Gasteiger partial charge is 0.394 e. The van der Waals surface area contributed by atoms with Gasteiger partial charge < -0.3 is 30.3 Å². The Kier molecular flexibility index (Phi) is 31.6. The van der Waals surface area contributed by atoms with Crippen molar-refractivity contribution < 1.29 is 33.0 Å². The lowest BCUT2D eigenvalue weighted by atomic mass is 9.82. The fraction of sp³-hybridized carbons (Fsp3) is 1.00. The minimum Gasteiger partial charge on any atom is -0.394 e. The number of unbranched alkanes of at least 4 members (excludes halogenated alkanes) is 28. The first kappa shape index (κ1) is 41.9. The summed E-state index contributed by atoms with van der Waals surface area (Å²) in [7, 11) is 0. The maximum Gasteiger partial charge on any atom is 0.121 e. The third kappa shape index (κ3) is 25.7. The second-order valence-corrected chi connectivity index (χ2v) is 14.1. The van der Waals surface area contributed by atoms with Crippen molar-refractivity contribution in [2.45, 2.75) is 237 Å². The average Bonchev–Trinajstić information content (AvgIpc) is 3.10. The van der Waals surface area contributed by atoms with Crippen LogP contribution in [0.2, 0.25) is 0 Å². The molecule has 0 aromatic carbocycles. The first-order valence-electron chi connectivity index (χ1n) is 21.4. The maximum absolute atomic E-state index is 11.5. The second-order valence-electron chi connectivity index (χ2n) is 14.1. The number of aliphatic hydroxyl groups is 5. The van der Waals surface area contributed by atoms with E-state index in [9.17, 15) is 25.5 Å². The van der Waals surface area contributed by atoms with Crippen molar-refractivity contribution in [2.24, 2.45) is 0 Å². The summed E-state index contributed by atoms with van der Waals surface area (Å²) < 4.78 is 20.3. The molecule has 5 N–H and O–H groups in total. The van der Waals surface area contributed by atoms with E-state index in [1.807, 2.05) is 0 Å². The Balaban J connectivity index is 4.08. The van der Waals surface area contributed by atoms with E-state index in [1.54, 1.807) is 0 Å². The van der Waals surface area contributed by atoms with E-state index in [0.717, 1.165) is 51.4 Å². The Morgan fingerprint density at radius 1 is 0.478 bits per heavy atom. The van der Waals surface area contributed by atoms with Crippen LogP contribution in [0.5, 0.6) is 0 Å². The van der Waals surface area contributed by atoms with Gasteiger partial charge in [0, 0.05) is 9.35 Å². The maximum atomic E-state index is 11.5. The molecule has 0 amide bonds. The molecule has 0 saturated carbocycles. The Morgan fingerprint density at radius 3 is 1.13 bits per heavy atom. The third-order valence-corrected chi connectivity index (χ3v) is 9.80. The Hall–Kier alpha value is -0.240. The second kappa shape index (κ2) is 34.6. The van der Waals surface area contributed by atoms with Crippen molar-refractivity contribution in [3.8, 4) is 0 Å². The van der Waals surface area contributed by atoms with Crippen LogP contribution in [-0.4, -0.2) is 69.3 Å². The fourth-order valence-electron chi connectivity index (χ4n) is 6.66. The first-order valence-corrected chi connectivity index (χ1v) is 20.0. The Bertz CT molecular complexity index is 631. The molecule has 4 atom stereocenters. The zero-order valence-electron chi connectivity index (χ0n) is 32.3. The summed E-state index contributed by atoms with van der Waals surface area (Å²) in [5, 5.41) is 52.0. The lowest BCUT2D eigenvalue weighted by Gasteiger charge is -2.41. The van der Waals surface area contributed by atoms with Crippen LogP contribution in [0.3, 0.4) is 0 Å². The lowest BCUT2D eigenvalue weighted by molar-refractivity contribution is -0.211. The third-order valence-electron chi connectivity index (χ3n) is 9.80. The first-order chi connectivity index (χ1) is 23.5. The number of ether oxygens (including phenoxy) is 1. The van der Waals surface area contributed by atoms with Crippen molar-refractivity contribution in [3.63, 3.8) is 0 Å². The van der Waals surface area contributed by atoms with E-state index in [4.69, 9.17) is 7.48 Å². The minimum absolute atomic E-state index is 0.201. The van der Waals surface area contributed by atoms with Gasteiger partial charge in [0.25, 0.3) is 0 Å². The smallest absolute Gasteiger partial charge is 0.121 e. The summed E-state index contributed by atoms with van der Waals surface area (Å²) in [6, 6.07) is 0. The van der Waals surface area contributed by atoms with Gasteiger partial charge in [-0.1, -0.05) is 200 Å². The molecule has 6 nitrogen and oxygen atoms in total. The molecule has 0 bridgehead atoms. The van der Waals surface area contributed by atoms with Gasteiger partial charge in [-0.25, -0.2) is 0 Å². The van der Waals surface area contributed by atoms with Crippen LogP contribution in [0.4, 0.5) is 0 Å². The molecule has 278 valence electrons. The van der Waals surface area contributed by atoms with E-state index < -0.39 is 37.1 Å². The van der Waals surface area contributed by atoms with Crippen molar-refractivity contribution in [2.75, 3.05) is 19.8 Å². The predicted octanol–water partition coefficient (Wildman–Crippen LogP) is 9.94. The van der Waals surface area contributed by atoms with Crippen molar-refractivity contribution in [1.29, 1.82) is 0 Å². The molecule has 0 unspecified atom stereocenters. The molecule has 0 saturated heterocycles. The monoisotopic (exact) mass is 661 g/mol. The van der Waals surface area contributed by atoms with Gasteiger partial charge in [0.05, 0.1) is 13.2 Å². The van der Waals surface area contributed by atoms with Crippen LogP contribution >= 0.6 is 0 Å². The van der Waals surface area contributed by atoms with E-state index in [2.05, 4.69) is 0 Å². The fourth-order valence-corrected chi connectivity index (χ4v) is 6.66. The molecule has 0 radical (unpaired) electrons. The molecule has 0 aromatic heterocycles. The molecule has 6 heteroatoms. The standard InChI is InChI=1S/C40H82O6/c1-3-5-7-9-11-13-15-17-19-21-23-25-27-29-31-33-40(45,38(44)36-42)39(37(43)35-41)46-34-32-30-28-26-24-22-20-18-16-14-12-10-8-6-4-2/h37-39,41-45H,3-36H2,1-2H3/t37-,38-,39-,40-/m1/s1/i1D,2D. The summed E-state index contributed by atoms with van der Waals surface area (Å²) in [5.74, 6) is 0. The van der Waals surface area contributed by atoms with Crippen molar-refractivity contribution >= 4 is 0 Å². The minimum atomic E-state index is -1.82. The van der Waals surface area contributed by atoms with Crippen molar-refractivity contribution in [1.82, 2.24) is 0 Å². The quantitative estimate of drug-likeness (QED) is 0.0422. The summed E-state index contributed by atoms with van der Waals surface area (Å²) in [4.78, 5) is 0. The number of hydrogen-bond acceptors (Lipinski definition) is 6. The van der Waals surface area contributed by atoms with E-state index in [-0.39, 0.29) is 6.42 Å². The molecule has 0 rings (SSSR count). The molecular weight excluding hydrogens is 576 g/mol. The van der Waals surface area contributed by atoms with Crippen LogP contribution in [0, 0.1) is 0 Å². The van der Waals surface area contributed by atoms with Crippen molar-refractivity contribution in [3.05, 3.63) is 0 Å². The molecule has 0 spiro atoms. The SMILES string of the molecule is [2H]CCCCCCCCCCCCCCCCCO[C@H]([C@H](O)CO)[C@@](O)(CCCCCCCCCCCCCCCCC[2H])[C@H](O)CO. The van der Waals surface area contributed by atoms with Crippen LogP contribution in [0.15, 0.2) is 0 Å². The number of rotatable bonds is 38. The summed E-state index contributed by atoms with van der Waals surface area (Å²) in [6.45, 7) is 0.258. The van der Waals surface area contributed by atoms with Gasteiger partial charge in [0.15, 0.2) is 0 Å². The van der Waals surface area contributed by atoms with Crippen LogP contribution in [0.1, 0.15) is 216 Å². The van der Waals surface area contributed by atoms with Crippen LogP contribution in [-0.2, 0) is 4.74 Å². The van der Waals surface area contributed by atoms with E-state index in [0.29, 0.717) is 26.8 Å². The highest BCUT2D eigenvalue weighted by Gasteiger charge is 2.46. The summed E-state index contributed by atoms with van der Waals surface area (Å²) >= 11 is 0. The molecule has 0 fully saturated rings. The van der Waals surface area contributed by atoms with E-state index in [1.165, 1.54) is 135 Å². The Labute approximate surface area is 289 Å². The van der Waals surface area contributed by atoms with E-state index >= 15 is 0 Å².